The van der Waals surface area contributed by atoms with Gasteiger partial charge < -0.3 is 4.90 Å². The highest BCUT2D eigenvalue weighted by atomic mass is 32.1. The van der Waals surface area contributed by atoms with Crippen LogP contribution in [-0.2, 0) is 0 Å². The number of thiazole rings is 1. The third-order valence-electron chi connectivity index (χ3n) is 3.51. The molecule has 0 saturated carbocycles. The molecule has 0 aliphatic carbocycles. The molecule has 1 fully saturated rings. The molecule has 0 spiro atoms. The zero-order chi connectivity index (χ0) is 12.5. The fourth-order valence-electron chi connectivity index (χ4n) is 2.48. The Hall–Kier alpha value is -1.42. The highest BCUT2D eigenvalue weighted by molar-refractivity contribution is 7.09. The van der Waals surface area contributed by atoms with Gasteiger partial charge in [0.2, 0.25) is 0 Å². The normalized spacial score (nSPS) is 19.4. The number of hydrogen-bond donors (Lipinski definition) is 0. The lowest BCUT2D eigenvalue weighted by Crippen LogP contribution is -2.26. The van der Waals surface area contributed by atoms with Gasteiger partial charge in [-0.3, -0.25) is 0 Å². The zero-order valence-corrected chi connectivity index (χ0v) is 11.6. The van der Waals surface area contributed by atoms with Gasteiger partial charge >= 0.3 is 0 Å². The van der Waals surface area contributed by atoms with Gasteiger partial charge in [0.25, 0.3) is 0 Å². The van der Waals surface area contributed by atoms with E-state index in [1.165, 1.54) is 12.8 Å². The molecule has 0 amide bonds. The number of anilines is 1. The van der Waals surface area contributed by atoms with E-state index in [2.05, 4.69) is 39.3 Å². The first-order valence-electron chi connectivity index (χ1n) is 6.39. The first-order valence-corrected chi connectivity index (χ1v) is 7.27. The van der Waals surface area contributed by atoms with Gasteiger partial charge in [-0.25, -0.2) is 9.97 Å². The number of nitrogens with zero attached hydrogens (tertiary/aromatic N) is 3. The van der Waals surface area contributed by atoms with E-state index >= 15 is 0 Å². The van der Waals surface area contributed by atoms with E-state index < -0.39 is 0 Å². The second-order valence-corrected chi connectivity index (χ2v) is 5.90. The molecule has 1 atom stereocenters. The van der Waals surface area contributed by atoms with Crippen LogP contribution in [0.25, 0.3) is 11.3 Å². The standard InChI is InChI=1S/C14H17N3S/c1-10-4-3-7-17(10)14-6-5-12(8-15-14)13-9-18-11(2)16-13/h5-6,8-10H,3-4,7H2,1-2H3. The molecule has 1 unspecified atom stereocenters. The van der Waals surface area contributed by atoms with E-state index in [-0.39, 0.29) is 0 Å². The second kappa shape index (κ2) is 4.69. The molecule has 4 heteroatoms. The van der Waals surface area contributed by atoms with Crippen LogP contribution in [0, 0.1) is 6.92 Å². The Balaban J connectivity index is 1.85. The predicted octanol–water partition coefficient (Wildman–Crippen LogP) is 3.50. The maximum absolute atomic E-state index is 4.59. The number of aromatic nitrogens is 2. The van der Waals surface area contributed by atoms with Crippen LogP contribution >= 0.6 is 11.3 Å². The molecular weight excluding hydrogens is 242 g/mol. The highest BCUT2D eigenvalue weighted by Gasteiger charge is 2.21. The van der Waals surface area contributed by atoms with Gasteiger partial charge in [-0.15, -0.1) is 11.3 Å². The third kappa shape index (κ3) is 2.12. The maximum atomic E-state index is 4.59. The van der Waals surface area contributed by atoms with E-state index in [1.807, 2.05) is 13.1 Å². The summed E-state index contributed by atoms with van der Waals surface area (Å²) in [6, 6.07) is 4.86. The fourth-order valence-corrected chi connectivity index (χ4v) is 3.10. The van der Waals surface area contributed by atoms with Crippen molar-refractivity contribution < 1.29 is 0 Å². The summed E-state index contributed by atoms with van der Waals surface area (Å²) in [5.41, 5.74) is 2.14. The summed E-state index contributed by atoms with van der Waals surface area (Å²) >= 11 is 1.68. The minimum atomic E-state index is 0.616. The van der Waals surface area contributed by atoms with E-state index in [0.29, 0.717) is 6.04 Å². The van der Waals surface area contributed by atoms with Gasteiger partial charge in [0, 0.05) is 29.7 Å². The average Bonchev–Trinajstić information content (AvgIpc) is 2.98. The van der Waals surface area contributed by atoms with Crippen molar-refractivity contribution in [3.05, 3.63) is 28.7 Å². The number of rotatable bonds is 2. The molecule has 0 radical (unpaired) electrons. The second-order valence-electron chi connectivity index (χ2n) is 4.84. The van der Waals surface area contributed by atoms with Crippen LogP contribution in [0.2, 0.25) is 0 Å². The number of hydrogen-bond acceptors (Lipinski definition) is 4. The molecular formula is C14H17N3S. The summed E-state index contributed by atoms with van der Waals surface area (Å²) in [4.78, 5) is 11.5. The van der Waals surface area contributed by atoms with Gasteiger partial charge in [-0.2, -0.15) is 0 Å². The lowest BCUT2D eigenvalue weighted by atomic mass is 10.2. The molecule has 18 heavy (non-hydrogen) atoms. The average molecular weight is 259 g/mol. The van der Waals surface area contributed by atoms with Gasteiger partial charge in [-0.05, 0) is 38.8 Å². The van der Waals surface area contributed by atoms with Gasteiger partial charge in [0.15, 0.2) is 0 Å². The first kappa shape index (κ1) is 11.7. The SMILES string of the molecule is Cc1nc(-c2ccc(N3CCCC3C)nc2)cs1. The summed E-state index contributed by atoms with van der Waals surface area (Å²) < 4.78 is 0. The largest absolute Gasteiger partial charge is 0.354 e. The summed E-state index contributed by atoms with van der Waals surface area (Å²) in [6.45, 7) is 5.43. The molecule has 1 saturated heterocycles. The Kier molecular flexibility index (Phi) is 3.04. The van der Waals surface area contributed by atoms with Gasteiger partial charge in [0.05, 0.1) is 10.7 Å². The highest BCUT2D eigenvalue weighted by Crippen LogP contribution is 2.26. The van der Waals surface area contributed by atoms with Crippen LogP contribution in [0.15, 0.2) is 23.7 Å². The smallest absolute Gasteiger partial charge is 0.128 e. The van der Waals surface area contributed by atoms with Crippen molar-refractivity contribution in [1.29, 1.82) is 0 Å². The number of pyridine rings is 1. The van der Waals surface area contributed by atoms with Crippen LogP contribution in [0.5, 0.6) is 0 Å². The molecule has 3 nitrogen and oxygen atoms in total. The van der Waals surface area contributed by atoms with E-state index in [1.54, 1.807) is 11.3 Å². The summed E-state index contributed by atoms with van der Waals surface area (Å²) in [5.74, 6) is 1.09. The minimum Gasteiger partial charge on any atom is -0.354 e. The Labute approximate surface area is 112 Å². The van der Waals surface area contributed by atoms with E-state index in [0.717, 1.165) is 28.6 Å². The Morgan fingerprint density at radius 2 is 2.28 bits per heavy atom. The van der Waals surface area contributed by atoms with Gasteiger partial charge in [0.1, 0.15) is 5.82 Å². The zero-order valence-electron chi connectivity index (χ0n) is 10.8. The van der Waals surface area contributed by atoms with Crippen molar-refractivity contribution in [2.45, 2.75) is 32.7 Å². The molecule has 3 rings (SSSR count). The van der Waals surface area contributed by atoms with Crippen LogP contribution < -0.4 is 4.90 Å². The van der Waals surface area contributed by atoms with E-state index in [4.69, 9.17) is 0 Å². The molecule has 2 aromatic rings. The molecule has 0 N–H and O–H groups in total. The van der Waals surface area contributed by atoms with Crippen molar-refractivity contribution in [2.75, 3.05) is 11.4 Å². The van der Waals surface area contributed by atoms with Crippen molar-refractivity contribution in [1.82, 2.24) is 9.97 Å². The summed E-state index contributed by atoms with van der Waals surface area (Å²) in [7, 11) is 0. The van der Waals surface area contributed by atoms with Crippen molar-refractivity contribution >= 4 is 17.2 Å². The molecule has 1 aliphatic heterocycles. The van der Waals surface area contributed by atoms with Crippen LogP contribution in [0.3, 0.4) is 0 Å². The lowest BCUT2D eigenvalue weighted by Gasteiger charge is -2.22. The minimum absolute atomic E-state index is 0.616. The third-order valence-corrected chi connectivity index (χ3v) is 4.28. The quantitative estimate of drug-likeness (QED) is 0.826. The lowest BCUT2D eigenvalue weighted by molar-refractivity contribution is 0.727. The van der Waals surface area contributed by atoms with Crippen LogP contribution in [0.4, 0.5) is 5.82 Å². The number of aryl methyl sites for hydroxylation is 1. The van der Waals surface area contributed by atoms with Crippen LogP contribution in [-0.4, -0.2) is 22.6 Å². The summed E-state index contributed by atoms with van der Waals surface area (Å²) in [5, 5.41) is 3.19. The predicted molar refractivity (Wildman–Crippen MR) is 76.1 cm³/mol. The molecule has 2 aromatic heterocycles. The van der Waals surface area contributed by atoms with Crippen molar-refractivity contribution in [2.24, 2.45) is 0 Å². The fraction of sp³-hybridized carbons (Fsp3) is 0.429. The summed E-state index contributed by atoms with van der Waals surface area (Å²) in [6.07, 6.45) is 4.49. The monoisotopic (exact) mass is 259 g/mol. The topological polar surface area (TPSA) is 29.0 Å². The molecule has 1 aliphatic rings. The van der Waals surface area contributed by atoms with Gasteiger partial charge in [-0.1, -0.05) is 0 Å². The molecule has 0 aromatic carbocycles. The Bertz CT molecular complexity index is 532. The maximum Gasteiger partial charge on any atom is 0.128 e. The molecule has 94 valence electrons. The Morgan fingerprint density at radius 3 is 2.83 bits per heavy atom. The molecule has 0 bridgehead atoms. The van der Waals surface area contributed by atoms with Crippen molar-refractivity contribution in [3.63, 3.8) is 0 Å². The Morgan fingerprint density at radius 1 is 1.39 bits per heavy atom. The molecule has 3 heterocycles. The van der Waals surface area contributed by atoms with Crippen molar-refractivity contribution in [3.8, 4) is 11.3 Å². The van der Waals surface area contributed by atoms with E-state index in [9.17, 15) is 0 Å². The van der Waals surface area contributed by atoms with Crippen LogP contribution in [0.1, 0.15) is 24.8 Å². The first-order chi connectivity index (χ1) is 8.74.